The lowest BCUT2D eigenvalue weighted by atomic mass is 10.2. The van der Waals surface area contributed by atoms with Crippen LogP contribution < -0.4 is 15.8 Å². The van der Waals surface area contributed by atoms with Gasteiger partial charge >= 0.3 is 0 Å². The summed E-state index contributed by atoms with van der Waals surface area (Å²) in [5.41, 5.74) is 6.29. The van der Waals surface area contributed by atoms with E-state index in [0.717, 1.165) is 0 Å². The minimum Gasteiger partial charge on any atom is -0.479 e. The van der Waals surface area contributed by atoms with E-state index in [2.05, 4.69) is 5.32 Å². The summed E-state index contributed by atoms with van der Waals surface area (Å²) in [5, 5.41) is 3.59. The van der Waals surface area contributed by atoms with Gasteiger partial charge in [-0.05, 0) is 32.9 Å². The van der Waals surface area contributed by atoms with Crippen molar-refractivity contribution in [3.05, 3.63) is 27.7 Å². The Morgan fingerprint density at radius 1 is 1.37 bits per heavy atom. The molecule has 0 aliphatic heterocycles. The van der Waals surface area contributed by atoms with Crippen LogP contribution >= 0.6 is 23.2 Å². The number of nitrogens with one attached hydrogen (secondary N) is 1. The molecule has 1 aromatic carbocycles. The predicted octanol–water partition coefficient (Wildman–Crippen LogP) is 2.74. The van der Waals surface area contributed by atoms with Crippen LogP contribution in [0.25, 0.3) is 0 Å². The lowest BCUT2D eigenvalue weighted by Crippen LogP contribution is -2.40. The number of benzene rings is 1. The first-order valence-corrected chi connectivity index (χ1v) is 6.75. The molecule has 0 saturated carbocycles. The summed E-state index contributed by atoms with van der Waals surface area (Å²) in [6.45, 7) is 5.65. The van der Waals surface area contributed by atoms with Crippen LogP contribution in [0.4, 0.5) is 0 Å². The Balaban J connectivity index is 2.90. The van der Waals surface area contributed by atoms with Crippen molar-refractivity contribution in [2.24, 2.45) is 5.73 Å². The fourth-order valence-corrected chi connectivity index (χ4v) is 2.11. The lowest BCUT2D eigenvalue weighted by molar-refractivity contribution is -0.127. The minimum absolute atomic E-state index is 0.0493. The maximum Gasteiger partial charge on any atom is 0.260 e. The van der Waals surface area contributed by atoms with E-state index < -0.39 is 6.10 Å². The van der Waals surface area contributed by atoms with Crippen molar-refractivity contribution >= 4 is 29.1 Å². The highest BCUT2D eigenvalue weighted by Crippen LogP contribution is 2.32. The van der Waals surface area contributed by atoms with E-state index >= 15 is 0 Å². The van der Waals surface area contributed by atoms with Gasteiger partial charge in [0.1, 0.15) is 5.75 Å². The second-order valence-electron chi connectivity index (χ2n) is 4.50. The van der Waals surface area contributed by atoms with Crippen molar-refractivity contribution in [1.82, 2.24) is 5.32 Å². The van der Waals surface area contributed by atoms with Crippen LogP contribution in [0.3, 0.4) is 0 Å². The Labute approximate surface area is 123 Å². The fourth-order valence-electron chi connectivity index (χ4n) is 1.53. The second-order valence-corrected chi connectivity index (χ2v) is 5.35. The zero-order chi connectivity index (χ0) is 14.6. The van der Waals surface area contributed by atoms with Gasteiger partial charge in [0, 0.05) is 23.2 Å². The van der Waals surface area contributed by atoms with Crippen LogP contribution in [0.15, 0.2) is 12.1 Å². The molecule has 106 valence electrons. The molecular formula is C13H18Cl2N2O2. The highest BCUT2D eigenvalue weighted by atomic mass is 35.5. The molecule has 1 atom stereocenters. The topological polar surface area (TPSA) is 64.3 Å². The molecule has 0 aliphatic rings. The van der Waals surface area contributed by atoms with Crippen LogP contribution in [-0.2, 0) is 11.3 Å². The van der Waals surface area contributed by atoms with E-state index in [1.54, 1.807) is 19.1 Å². The Kier molecular flexibility index (Phi) is 5.91. The Morgan fingerprint density at radius 3 is 2.53 bits per heavy atom. The van der Waals surface area contributed by atoms with Gasteiger partial charge in [0.05, 0.1) is 5.02 Å². The number of ether oxygens (including phenoxy) is 1. The average Bonchev–Trinajstić information content (AvgIpc) is 2.30. The van der Waals surface area contributed by atoms with Gasteiger partial charge in [-0.2, -0.15) is 0 Å². The molecule has 0 saturated heterocycles. The second kappa shape index (κ2) is 6.98. The largest absolute Gasteiger partial charge is 0.479 e. The number of hydrogen-bond donors (Lipinski definition) is 2. The molecule has 1 amide bonds. The highest BCUT2D eigenvalue weighted by Gasteiger charge is 2.19. The fraction of sp³-hybridized carbons (Fsp3) is 0.462. The molecule has 3 N–H and O–H groups in total. The van der Waals surface area contributed by atoms with Gasteiger partial charge in [0.25, 0.3) is 5.91 Å². The predicted molar refractivity (Wildman–Crippen MR) is 77.7 cm³/mol. The van der Waals surface area contributed by atoms with Gasteiger partial charge in [-0.3, -0.25) is 4.79 Å². The van der Waals surface area contributed by atoms with E-state index in [9.17, 15) is 4.79 Å². The Bertz CT molecular complexity index is 464. The standard InChI is InChI=1S/C13H18Cl2N2O2/c1-7(2)17-13(18)8(3)19-12-9(6-16)4-10(14)5-11(12)15/h4-5,7-8H,6,16H2,1-3H3,(H,17,18). The van der Waals surface area contributed by atoms with Gasteiger partial charge in [-0.15, -0.1) is 0 Å². The smallest absolute Gasteiger partial charge is 0.260 e. The van der Waals surface area contributed by atoms with E-state index in [-0.39, 0.29) is 18.5 Å². The van der Waals surface area contributed by atoms with Crippen molar-refractivity contribution in [2.45, 2.75) is 39.5 Å². The number of amides is 1. The average molecular weight is 305 g/mol. The van der Waals surface area contributed by atoms with Gasteiger partial charge < -0.3 is 15.8 Å². The Morgan fingerprint density at radius 2 is 2.00 bits per heavy atom. The number of nitrogens with two attached hydrogens (primary N) is 1. The van der Waals surface area contributed by atoms with E-state index in [0.29, 0.717) is 21.4 Å². The van der Waals surface area contributed by atoms with Crippen LogP contribution in [0.5, 0.6) is 5.75 Å². The number of rotatable bonds is 5. The third-order valence-electron chi connectivity index (χ3n) is 2.40. The van der Waals surface area contributed by atoms with E-state index in [1.807, 2.05) is 13.8 Å². The molecule has 0 bridgehead atoms. The first-order chi connectivity index (χ1) is 8.85. The zero-order valence-corrected chi connectivity index (χ0v) is 12.7. The summed E-state index contributed by atoms with van der Waals surface area (Å²) in [6.07, 6.45) is -0.661. The molecular weight excluding hydrogens is 287 g/mol. The number of carbonyl (C=O) groups is 1. The molecule has 0 aliphatic carbocycles. The summed E-state index contributed by atoms with van der Waals surface area (Å²) in [5.74, 6) is 0.198. The molecule has 0 spiro atoms. The summed E-state index contributed by atoms with van der Waals surface area (Å²) >= 11 is 12.0. The molecule has 0 heterocycles. The number of hydrogen-bond acceptors (Lipinski definition) is 3. The summed E-state index contributed by atoms with van der Waals surface area (Å²) < 4.78 is 5.60. The molecule has 1 unspecified atom stereocenters. The quantitative estimate of drug-likeness (QED) is 0.879. The van der Waals surface area contributed by atoms with Crippen molar-refractivity contribution in [2.75, 3.05) is 0 Å². The summed E-state index contributed by atoms with van der Waals surface area (Å²) in [7, 11) is 0. The van der Waals surface area contributed by atoms with Gasteiger partial charge in [-0.25, -0.2) is 0 Å². The monoisotopic (exact) mass is 304 g/mol. The number of carbonyl (C=O) groups excluding carboxylic acids is 1. The summed E-state index contributed by atoms with van der Waals surface area (Å²) in [4.78, 5) is 11.8. The van der Waals surface area contributed by atoms with Crippen LogP contribution in [-0.4, -0.2) is 18.1 Å². The molecule has 1 rings (SSSR count). The van der Waals surface area contributed by atoms with Crippen molar-refractivity contribution in [3.63, 3.8) is 0 Å². The molecule has 0 fully saturated rings. The molecule has 19 heavy (non-hydrogen) atoms. The van der Waals surface area contributed by atoms with Crippen molar-refractivity contribution in [3.8, 4) is 5.75 Å². The molecule has 4 nitrogen and oxygen atoms in total. The van der Waals surface area contributed by atoms with Gasteiger partial charge in [0.15, 0.2) is 6.10 Å². The van der Waals surface area contributed by atoms with E-state index in [4.69, 9.17) is 33.7 Å². The maximum absolute atomic E-state index is 11.8. The molecule has 0 aromatic heterocycles. The third kappa shape index (κ3) is 4.56. The SMILES string of the molecule is CC(C)NC(=O)C(C)Oc1c(Cl)cc(Cl)cc1CN. The zero-order valence-electron chi connectivity index (χ0n) is 11.2. The van der Waals surface area contributed by atoms with Crippen molar-refractivity contribution < 1.29 is 9.53 Å². The number of halogens is 2. The van der Waals surface area contributed by atoms with E-state index in [1.165, 1.54) is 0 Å². The molecule has 1 aromatic rings. The third-order valence-corrected chi connectivity index (χ3v) is 2.90. The Hall–Kier alpha value is -0.970. The van der Waals surface area contributed by atoms with Crippen molar-refractivity contribution in [1.29, 1.82) is 0 Å². The van der Waals surface area contributed by atoms with Crippen LogP contribution in [0, 0.1) is 0 Å². The highest BCUT2D eigenvalue weighted by molar-refractivity contribution is 6.35. The first kappa shape index (κ1) is 16.1. The first-order valence-electron chi connectivity index (χ1n) is 6.00. The maximum atomic E-state index is 11.8. The minimum atomic E-state index is -0.661. The lowest BCUT2D eigenvalue weighted by Gasteiger charge is -2.19. The molecule has 0 radical (unpaired) electrons. The van der Waals surface area contributed by atoms with Crippen LogP contribution in [0.1, 0.15) is 26.3 Å². The molecule has 6 heteroatoms. The summed E-state index contributed by atoms with van der Waals surface area (Å²) in [6, 6.07) is 3.29. The normalized spacial score (nSPS) is 12.4. The van der Waals surface area contributed by atoms with Gasteiger partial charge in [-0.1, -0.05) is 23.2 Å². The van der Waals surface area contributed by atoms with Crippen LogP contribution in [0.2, 0.25) is 10.0 Å². The van der Waals surface area contributed by atoms with Gasteiger partial charge in [0.2, 0.25) is 0 Å².